The zero-order valence-electron chi connectivity index (χ0n) is 10.1. The molecule has 0 spiro atoms. The van der Waals surface area contributed by atoms with Gasteiger partial charge in [0.1, 0.15) is 12.4 Å². The highest BCUT2D eigenvalue weighted by Gasteiger charge is 2.05. The van der Waals surface area contributed by atoms with Crippen molar-refractivity contribution < 1.29 is 13.5 Å². The van der Waals surface area contributed by atoms with E-state index in [1.54, 1.807) is 12.1 Å². The van der Waals surface area contributed by atoms with Gasteiger partial charge < -0.3 is 4.74 Å². The van der Waals surface area contributed by atoms with Crippen molar-refractivity contribution in [2.45, 2.75) is 13.0 Å². The second kappa shape index (κ2) is 5.96. The van der Waals surface area contributed by atoms with Gasteiger partial charge in [-0.05, 0) is 23.3 Å². The molecule has 0 unspecified atom stereocenters. The first-order chi connectivity index (χ1) is 9.19. The summed E-state index contributed by atoms with van der Waals surface area (Å²) in [5, 5.41) is 8.55. The van der Waals surface area contributed by atoms with E-state index in [1.807, 2.05) is 12.1 Å². The molecule has 4 heteroatoms. The minimum atomic E-state index is -0.595. The molecule has 2 aromatic carbocycles. The summed E-state index contributed by atoms with van der Waals surface area (Å²) in [6, 6.07) is 12.3. The highest BCUT2D eigenvalue weighted by atomic mass is 19.1. The first-order valence-corrected chi connectivity index (χ1v) is 5.71. The van der Waals surface area contributed by atoms with Gasteiger partial charge in [-0.2, -0.15) is 5.26 Å². The molecule has 0 saturated heterocycles. The van der Waals surface area contributed by atoms with Crippen LogP contribution in [-0.4, -0.2) is 0 Å². The molecule has 0 aliphatic rings. The summed E-state index contributed by atoms with van der Waals surface area (Å²) in [4.78, 5) is 0. The Morgan fingerprint density at radius 2 is 1.68 bits per heavy atom. The van der Waals surface area contributed by atoms with Crippen molar-refractivity contribution in [3.63, 3.8) is 0 Å². The Labute approximate surface area is 109 Å². The number of hydrogen-bond acceptors (Lipinski definition) is 2. The van der Waals surface area contributed by atoms with E-state index >= 15 is 0 Å². The van der Waals surface area contributed by atoms with Crippen molar-refractivity contribution in [3.8, 4) is 11.8 Å². The smallest absolute Gasteiger partial charge is 0.165 e. The maximum atomic E-state index is 13.3. The lowest BCUT2D eigenvalue weighted by molar-refractivity contribution is 0.288. The first-order valence-electron chi connectivity index (χ1n) is 5.71. The number of ether oxygens (including phenoxy) is 1. The minimum absolute atomic E-state index is 0.110. The Bertz CT molecular complexity index is 603. The van der Waals surface area contributed by atoms with Crippen LogP contribution in [0.2, 0.25) is 0 Å². The molecule has 0 fully saturated rings. The predicted molar refractivity (Wildman–Crippen MR) is 66.4 cm³/mol. The molecule has 19 heavy (non-hydrogen) atoms. The largest absolute Gasteiger partial charge is 0.486 e. The van der Waals surface area contributed by atoms with Crippen LogP contribution >= 0.6 is 0 Å². The molecule has 2 rings (SSSR count). The van der Waals surface area contributed by atoms with E-state index in [4.69, 9.17) is 10.00 Å². The van der Waals surface area contributed by atoms with Crippen LogP contribution in [0.1, 0.15) is 11.1 Å². The molecule has 0 bridgehead atoms. The molecule has 0 saturated carbocycles. The van der Waals surface area contributed by atoms with Gasteiger partial charge in [0.25, 0.3) is 0 Å². The average Bonchev–Trinajstić information content (AvgIpc) is 2.42. The Morgan fingerprint density at radius 3 is 2.37 bits per heavy atom. The van der Waals surface area contributed by atoms with E-state index in [0.29, 0.717) is 6.42 Å². The number of benzene rings is 2. The summed E-state index contributed by atoms with van der Waals surface area (Å²) in [6.45, 7) is 0.146. The zero-order valence-corrected chi connectivity index (χ0v) is 10.1. The predicted octanol–water partition coefficient (Wildman–Crippen LogP) is 3.61. The van der Waals surface area contributed by atoms with Crippen molar-refractivity contribution in [1.82, 2.24) is 0 Å². The third-order valence-corrected chi connectivity index (χ3v) is 2.59. The van der Waals surface area contributed by atoms with Crippen LogP contribution in [0.25, 0.3) is 0 Å². The Kier molecular flexibility index (Phi) is 4.09. The number of hydrogen-bond donors (Lipinski definition) is 0. The van der Waals surface area contributed by atoms with Crippen LogP contribution in [0.15, 0.2) is 42.5 Å². The maximum Gasteiger partial charge on any atom is 0.165 e. The van der Waals surface area contributed by atoms with E-state index in [9.17, 15) is 8.78 Å². The van der Waals surface area contributed by atoms with Crippen molar-refractivity contribution in [3.05, 3.63) is 65.2 Å². The molecule has 0 aliphatic carbocycles. The van der Waals surface area contributed by atoms with E-state index in [1.165, 1.54) is 0 Å². The van der Waals surface area contributed by atoms with E-state index in [2.05, 4.69) is 6.07 Å². The summed E-state index contributed by atoms with van der Waals surface area (Å²) < 4.78 is 31.5. The fourth-order valence-electron chi connectivity index (χ4n) is 1.59. The minimum Gasteiger partial charge on any atom is -0.486 e. The molecule has 0 radical (unpaired) electrons. The highest BCUT2D eigenvalue weighted by Crippen LogP contribution is 2.19. The lowest BCUT2D eigenvalue weighted by Gasteiger charge is -2.07. The van der Waals surface area contributed by atoms with Crippen LogP contribution in [0, 0.1) is 23.0 Å². The summed E-state index contributed by atoms with van der Waals surface area (Å²) in [6.07, 6.45) is 0.347. The topological polar surface area (TPSA) is 33.0 Å². The quantitative estimate of drug-likeness (QED) is 0.840. The van der Waals surface area contributed by atoms with Gasteiger partial charge in [-0.15, -0.1) is 0 Å². The van der Waals surface area contributed by atoms with Gasteiger partial charge in [0.2, 0.25) is 0 Å². The van der Waals surface area contributed by atoms with Gasteiger partial charge in [-0.1, -0.05) is 24.3 Å². The standard InChI is InChI=1S/C15H11F2NO/c16-13-5-6-14(17)15(9-13)19-10-12-3-1-11(2-4-12)7-8-18/h1-6,9H,7,10H2. The van der Waals surface area contributed by atoms with Crippen LogP contribution in [0.3, 0.4) is 0 Å². The van der Waals surface area contributed by atoms with E-state index in [-0.39, 0.29) is 12.4 Å². The normalized spacial score (nSPS) is 9.95. The van der Waals surface area contributed by atoms with Crippen molar-refractivity contribution in [2.24, 2.45) is 0 Å². The van der Waals surface area contributed by atoms with Gasteiger partial charge in [-0.3, -0.25) is 0 Å². The van der Waals surface area contributed by atoms with Crippen LogP contribution in [-0.2, 0) is 13.0 Å². The van der Waals surface area contributed by atoms with E-state index in [0.717, 1.165) is 29.3 Å². The molecule has 2 nitrogen and oxygen atoms in total. The molecule has 96 valence electrons. The summed E-state index contributed by atoms with van der Waals surface area (Å²) in [7, 11) is 0. The van der Waals surface area contributed by atoms with Gasteiger partial charge >= 0.3 is 0 Å². The van der Waals surface area contributed by atoms with Crippen LogP contribution in [0.4, 0.5) is 8.78 Å². The van der Waals surface area contributed by atoms with Gasteiger partial charge in [-0.25, -0.2) is 8.78 Å². The molecule has 0 heterocycles. The number of halogens is 2. The second-order valence-corrected chi connectivity index (χ2v) is 4.01. The molecule has 0 atom stereocenters. The highest BCUT2D eigenvalue weighted by molar-refractivity contribution is 5.27. The molecular formula is C15H11F2NO. The van der Waals surface area contributed by atoms with E-state index < -0.39 is 11.6 Å². The van der Waals surface area contributed by atoms with Gasteiger partial charge in [0.05, 0.1) is 12.5 Å². The molecule has 0 amide bonds. The fraction of sp³-hybridized carbons (Fsp3) is 0.133. The summed E-state index contributed by atoms with van der Waals surface area (Å²) in [5.74, 6) is -1.25. The first kappa shape index (κ1) is 13.0. The molecule has 0 aromatic heterocycles. The second-order valence-electron chi connectivity index (χ2n) is 4.01. The molecule has 2 aromatic rings. The number of nitrogens with zero attached hydrogens (tertiary/aromatic N) is 1. The average molecular weight is 259 g/mol. The van der Waals surface area contributed by atoms with Crippen LogP contribution in [0.5, 0.6) is 5.75 Å². The van der Waals surface area contributed by atoms with Gasteiger partial charge in [0.15, 0.2) is 11.6 Å². The molecule has 0 N–H and O–H groups in total. The maximum absolute atomic E-state index is 13.3. The zero-order chi connectivity index (χ0) is 13.7. The van der Waals surface area contributed by atoms with Crippen molar-refractivity contribution in [1.29, 1.82) is 5.26 Å². The summed E-state index contributed by atoms with van der Waals surface area (Å²) >= 11 is 0. The SMILES string of the molecule is N#CCc1ccc(COc2cc(F)ccc2F)cc1. The Morgan fingerprint density at radius 1 is 1.00 bits per heavy atom. The van der Waals surface area contributed by atoms with Crippen molar-refractivity contribution in [2.75, 3.05) is 0 Å². The lowest BCUT2D eigenvalue weighted by Crippen LogP contribution is -1.98. The third-order valence-electron chi connectivity index (χ3n) is 2.59. The van der Waals surface area contributed by atoms with Crippen molar-refractivity contribution >= 4 is 0 Å². The third kappa shape index (κ3) is 3.52. The molecular weight excluding hydrogens is 248 g/mol. The lowest BCUT2D eigenvalue weighted by atomic mass is 10.1. The number of rotatable bonds is 4. The van der Waals surface area contributed by atoms with Gasteiger partial charge in [0, 0.05) is 6.07 Å². The fourth-order valence-corrected chi connectivity index (χ4v) is 1.59. The Balaban J connectivity index is 2.02. The summed E-state index contributed by atoms with van der Waals surface area (Å²) in [5.41, 5.74) is 1.73. The Hall–Kier alpha value is -2.41. The monoisotopic (exact) mass is 259 g/mol. The van der Waals surface area contributed by atoms with Crippen LogP contribution < -0.4 is 4.74 Å². The molecule has 0 aliphatic heterocycles. The number of nitriles is 1.